The third kappa shape index (κ3) is 6.33. The van der Waals surface area contributed by atoms with E-state index in [-0.39, 0.29) is 11.8 Å². The minimum absolute atomic E-state index is 0.0804. The van der Waals surface area contributed by atoms with E-state index in [1.807, 2.05) is 12.1 Å². The van der Waals surface area contributed by atoms with Crippen molar-refractivity contribution in [3.05, 3.63) is 29.8 Å². The molecule has 27 heavy (non-hydrogen) atoms. The molecular weight excluding hydrogens is 342 g/mol. The molecule has 1 aromatic carbocycles. The molecule has 1 saturated heterocycles. The number of benzene rings is 1. The molecule has 2 amide bonds. The van der Waals surface area contributed by atoms with Gasteiger partial charge in [-0.2, -0.15) is 0 Å². The summed E-state index contributed by atoms with van der Waals surface area (Å²) in [4.78, 5) is 27.0. The van der Waals surface area contributed by atoms with Crippen molar-refractivity contribution in [3.8, 4) is 0 Å². The first-order valence-electron chi connectivity index (χ1n) is 10.0. The van der Waals surface area contributed by atoms with E-state index in [0.717, 1.165) is 45.4 Å². The maximum absolute atomic E-state index is 12.5. The first-order chi connectivity index (χ1) is 13.0. The van der Waals surface area contributed by atoms with Crippen molar-refractivity contribution in [1.29, 1.82) is 0 Å². The molecule has 6 nitrogen and oxygen atoms in total. The predicted molar refractivity (Wildman–Crippen MR) is 106 cm³/mol. The van der Waals surface area contributed by atoms with Gasteiger partial charge in [-0.05, 0) is 43.7 Å². The summed E-state index contributed by atoms with van der Waals surface area (Å²) in [7, 11) is 0. The van der Waals surface area contributed by atoms with Crippen LogP contribution in [0.1, 0.15) is 49.9 Å². The monoisotopic (exact) mass is 373 g/mol. The first-order valence-corrected chi connectivity index (χ1v) is 10.0. The first kappa shape index (κ1) is 19.8. The van der Waals surface area contributed by atoms with Crippen molar-refractivity contribution >= 4 is 17.5 Å². The van der Waals surface area contributed by atoms with Crippen LogP contribution in [0, 0.1) is 5.92 Å². The molecule has 1 saturated carbocycles. The lowest BCUT2D eigenvalue weighted by atomic mass is 10.1. The van der Waals surface area contributed by atoms with Crippen LogP contribution < -0.4 is 10.6 Å². The Morgan fingerprint density at radius 3 is 2.52 bits per heavy atom. The van der Waals surface area contributed by atoms with Gasteiger partial charge in [0.05, 0.1) is 23.9 Å². The number of rotatable bonds is 8. The van der Waals surface area contributed by atoms with Gasteiger partial charge in [0.15, 0.2) is 0 Å². The molecule has 1 aliphatic carbocycles. The van der Waals surface area contributed by atoms with Gasteiger partial charge in [0.2, 0.25) is 5.91 Å². The largest absolute Gasteiger partial charge is 0.378 e. The summed E-state index contributed by atoms with van der Waals surface area (Å²) < 4.78 is 5.90. The fraction of sp³-hybridized carbons (Fsp3) is 0.619. The fourth-order valence-corrected chi connectivity index (χ4v) is 3.24. The summed E-state index contributed by atoms with van der Waals surface area (Å²) in [6.45, 7) is 7.17. The van der Waals surface area contributed by atoms with Gasteiger partial charge in [0.1, 0.15) is 0 Å². The summed E-state index contributed by atoms with van der Waals surface area (Å²) >= 11 is 0. The molecule has 2 aliphatic rings. The molecule has 0 spiro atoms. The van der Waals surface area contributed by atoms with Crippen LogP contribution in [-0.2, 0) is 9.53 Å². The van der Waals surface area contributed by atoms with Crippen molar-refractivity contribution in [2.45, 2.75) is 51.7 Å². The average Bonchev–Trinajstić information content (AvgIpc) is 3.45. The lowest BCUT2D eigenvalue weighted by Gasteiger charge is -2.31. The Morgan fingerprint density at radius 2 is 1.85 bits per heavy atom. The summed E-state index contributed by atoms with van der Waals surface area (Å²) in [6.07, 6.45) is 4.30. The lowest BCUT2D eigenvalue weighted by Crippen LogP contribution is -2.41. The summed E-state index contributed by atoms with van der Waals surface area (Å²) in [5.41, 5.74) is 1.11. The van der Waals surface area contributed by atoms with Crippen molar-refractivity contribution in [1.82, 2.24) is 10.2 Å². The lowest BCUT2D eigenvalue weighted by molar-refractivity contribution is -0.118. The van der Waals surface area contributed by atoms with E-state index in [4.69, 9.17) is 4.74 Å². The quantitative estimate of drug-likeness (QED) is 0.735. The maximum Gasteiger partial charge on any atom is 0.253 e. The highest BCUT2D eigenvalue weighted by Gasteiger charge is 2.25. The second-order valence-corrected chi connectivity index (χ2v) is 8.04. The molecule has 1 aliphatic heterocycles. The minimum Gasteiger partial charge on any atom is -0.378 e. The van der Waals surface area contributed by atoms with Gasteiger partial charge in [-0.25, -0.2) is 0 Å². The van der Waals surface area contributed by atoms with Gasteiger partial charge in [0, 0.05) is 25.7 Å². The molecule has 0 radical (unpaired) electrons. The highest BCUT2D eigenvalue weighted by atomic mass is 16.5. The molecule has 0 unspecified atom stereocenters. The van der Waals surface area contributed by atoms with Crippen LogP contribution in [0.25, 0.3) is 0 Å². The molecule has 0 aromatic heterocycles. The number of nitrogens with zero attached hydrogens (tertiary/aromatic N) is 1. The van der Waals surface area contributed by atoms with E-state index < -0.39 is 0 Å². The summed E-state index contributed by atoms with van der Waals surface area (Å²) in [5.74, 6) is 0.353. The van der Waals surface area contributed by atoms with Crippen LogP contribution in [0.5, 0.6) is 0 Å². The van der Waals surface area contributed by atoms with E-state index in [1.54, 1.807) is 12.1 Å². The fourth-order valence-electron chi connectivity index (χ4n) is 3.24. The molecule has 1 aromatic rings. The van der Waals surface area contributed by atoms with Gasteiger partial charge in [0.25, 0.3) is 5.91 Å². The Hall–Kier alpha value is -1.92. The number of nitrogens with one attached hydrogen (secondary N) is 2. The van der Waals surface area contributed by atoms with E-state index in [2.05, 4.69) is 29.4 Å². The highest BCUT2D eigenvalue weighted by Crippen LogP contribution is 2.22. The van der Waals surface area contributed by atoms with Crippen molar-refractivity contribution in [2.75, 3.05) is 31.6 Å². The van der Waals surface area contributed by atoms with E-state index in [1.165, 1.54) is 0 Å². The standard InChI is InChI=1S/C21H31N3O3/c1-15(2)14-27-17-9-11-24(12-10-17)13-20(25)23-19-6-4-3-5-18(19)21(26)22-16-7-8-16/h3-6,15-17H,7-14H2,1-2H3,(H,22,26)(H,23,25). The molecule has 6 heteroatoms. The number of piperidine rings is 1. The number of hydrogen-bond acceptors (Lipinski definition) is 4. The summed E-state index contributed by atoms with van der Waals surface area (Å²) in [6, 6.07) is 7.48. The third-order valence-corrected chi connectivity index (χ3v) is 4.93. The topological polar surface area (TPSA) is 70.7 Å². The van der Waals surface area contributed by atoms with Gasteiger partial charge >= 0.3 is 0 Å². The van der Waals surface area contributed by atoms with Crippen molar-refractivity contribution < 1.29 is 14.3 Å². The third-order valence-electron chi connectivity index (χ3n) is 4.93. The van der Waals surface area contributed by atoms with Crippen LogP contribution in [0.3, 0.4) is 0 Å². The molecule has 148 valence electrons. The Morgan fingerprint density at radius 1 is 1.15 bits per heavy atom. The molecule has 0 bridgehead atoms. The van der Waals surface area contributed by atoms with E-state index in [0.29, 0.717) is 35.9 Å². The maximum atomic E-state index is 12.5. The number of amides is 2. The number of ether oxygens (including phenoxy) is 1. The molecule has 3 rings (SSSR count). The number of carbonyl (C=O) groups excluding carboxylic acids is 2. The normalized spacial score (nSPS) is 18.5. The number of anilines is 1. The Labute approximate surface area is 161 Å². The molecular formula is C21H31N3O3. The highest BCUT2D eigenvalue weighted by molar-refractivity contribution is 6.04. The smallest absolute Gasteiger partial charge is 0.253 e. The zero-order valence-corrected chi connectivity index (χ0v) is 16.4. The Bertz CT molecular complexity index is 650. The van der Waals surface area contributed by atoms with Crippen LogP contribution in [0.4, 0.5) is 5.69 Å². The number of likely N-dealkylation sites (tertiary alicyclic amines) is 1. The van der Waals surface area contributed by atoms with Gasteiger partial charge in [-0.15, -0.1) is 0 Å². The molecule has 1 heterocycles. The zero-order chi connectivity index (χ0) is 19.2. The van der Waals surface area contributed by atoms with E-state index in [9.17, 15) is 9.59 Å². The van der Waals surface area contributed by atoms with Crippen molar-refractivity contribution in [2.24, 2.45) is 5.92 Å². The van der Waals surface area contributed by atoms with Gasteiger partial charge < -0.3 is 15.4 Å². The number of hydrogen-bond donors (Lipinski definition) is 2. The minimum atomic E-state index is -0.114. The Balaban J connectivity index is 1.46. The summed E-state index contributed by atoms with van der Waals surface area (Å²) in [5, 5.41) is 5.89. The number of para-hydroxylation sites is 1. The second-order valence-electron chi connectivity index (χ2n) is 8.04. The van der Waals surface area contributed by atoms with Crippen LogP contribution in [0.2, 0.25) is 0 Å². The predicted octanol–water partition coefficient (Wildman–Crippen LogP) is 2.65. The van der Waals surface area contributed by atoms with Gasteiger partial charge in [-0.1, -0.05) is 26.0 Å². The van der Waals surface area contributed by atoms with Crippen LogP contribution in [0.15, 0.2) is 24.3 Å². The molecule has 0 atom stereocenters. The van der Waals surface area contributed by atoms with Gasteiger partial charge in [-0.3, -0.25) is 14.5 Å². The van der Waals surface area contributed by atoms with Crippen LogP contribution >= 0.6 is 0 Å². The molecule has 2 fully saturated rings. The second kappa shape index (κ2) is 9.33. The van der Waals surface area contributed by atoms with Crippen molar-refractivity contribution in [3.63, 3.8) is 0 Å². The average molecular weight is 373 g/mol. The van der Waals surface area contributed by atoms with E-state index >= 15 is 0 Å². The van der Waals surface area contributed by atoms with Crippen LogP contribution in [-0.4, -0.2) is 55.1 Å². The zero-order valence-electron chi connectivity index (χ0n) is 16.4. The Kier molecular flexibility index (Phi) is 6.85. The SMILES string of the molecule is CC(C)COC1CCN(CC(=O)Nc2ccccc2C(=O)NC2CC2)CC1. The number of carbonyl (C=O) groups is 2. The molecule has 2 N–H and O–H groups in total.